The fraction of sp³-hybridized carbons (Fsp3) is 0.375. The summed E-state index contributed by atoms with van der Waals surface area (Å²) in [4.78, 5) is 21.2. The van der Waals surface area contributed by atoms with Crippen molar-refractivity contribution in [1.29, 1.82) is 0 Å². The van der Waals surface area contributed by atoms with Gasteiger partial charge < -0.3 is 5.32 Å². The molecule has 0 atom stereocenters. The van der Waals surface area contributed by atoms with E-state index in [1.807, 2.05) is 24.7 Å². The third-order valence-electron chi connectivity index (χ3n) is 6.86. The largest absolute Gasteiger partial charge is 0.349 e. The molecule has 0 unspecified atom stereocenters. The Morgan fingerprint density at radius 3 is 2.55 bits per heavy atom. The van der Waals surface area contributed by atoms with E-state index in [-0.39, 0.29) is 5.91 Å². The molecule has 2 aliphatic rings. The predicted octanol–water partition coefficient (Wildman–Crippen LogP) is 5.52. The predicted molar refractivity (Wildman–Crippen MR) is 115 cm³/mol. The van der Waals surface area contributed by atoms with Gasteiger partial charge in [-0.2, -0.15) is 0 Å². The second kappa shape index (κ2) is 7.42. The lowest BCUT2D eigenvalue weighted by Gasteiger charge is -2.52. The molecule has 0 bridgehead atoms. The first-order chi connectivity index (χ1) is 14.1. The number of hydrogen-bond donors (Lipinski definition) is 1. The molecule has 2 heterocycles. The highest BCUT2D eigenvalue weighted by atomic mass is 35.5. The van der Waals surface area contributed by atoms with Gasteiger partial charge in [0.15, 0.2) is 0 Å². The summed E-state index contributed by atoms with van der Waals surface area (Å²) in [5.74, 6) is 0.587. The number of halogens is 1. The molecule has 1 aromatic carbocycles. The van der Waals surface area contributed by atoms with Crippen LogP contribution in [-0.4, -0.2) is 21.9 Å². The Labute approximate surface area is 175 Å². The molecule has 0 radical (unpaired) electrons. The first-order valence-corrected chi connectivity index (χ1v) is 10.7. The van der Waals surface area contributed by atoms with Crippen molar-refractivity contribution in [3.8, 4) is 0 Å². The summed E-state index contributed by atoms with van der Waals surface area (Å²) in [5.41, 5.74) is 3.52. The monoisotopic (exact) mass is 405 g/mol. The number of fused-ring (bicyclic) bond motifs is 1. The van der Waals surface area contributed by atoms with E-state index in [1.54, 1.807) is 24.3 Å². The van der Waals surface area contributed by atoms with Crippen LogP contribution in [0.5, 0.6) is 0 Å². The Bertz CT molecular complexity index is 1030. The van der Waals surface area contributed by atoms with Crippen molar-refractivity contribution in [3.63, 3.8) is 0 Å². The van der Waals surface area contributed by atoms with Crippen LogP contribution < -0.4 is 5.32 Å². The summed E-state index contributed by atoms with van der Waals surface area (Å²) in [6.45, 7) is 0. The Hall–Kier alpha value is -2.46. The normalized spacial score (nSPS) is 26.2. The van der Waals surface area contributed by atoms with E-state index in [4.69, 9.17) is 11.6 Å². The van der Waals surface area contributed by atoms with Crippen molar-refractivity contribution < 1.29 is 4.79 Å². The minimum absolute atomic E-state index is 0.00552. The van der Waals surface area contributed by atoms with E-state index >= 15 is 0 Å². The van der Waals surface area contributed by atoms with Crippen LogP contribution in [0.4, 0.5) is 0 Å². The molecule has 148 valence electrons. The average Bonchev–Trinajstić information content (AvgIpc) is 2.73. The van der Waals surface area contributed by atoms with Crippen LogP contribution in [0.1, 0.15) is 60.4 Å². The Morgan fingerprint density at radius 1 is 1.03 bits per heavy atom. The van der Waals surface area contributed by atoms with Crippen molar-refractivity contribution >= 4 is 28.4 Å². The Kier molecular flexibility index (Phi) is 4.75. The van der Waals surface area contributed by atoms with Crippen LogP contribution in [-0.2, 0) is 0 Å². The molecule has 0 saturated heterocycles. The third kappa shape index (κ3) is 3.62. The van der Waals surface area contributed by atoms with Crippen molar-refractivity contribution in [2.24, 2.45) is 5.41 Å². The molecular formula is C24H24ClN3O. The standard InChI is InChI=1S/C24H24ClN3O/c25-18-3-1-17(2-4-18)23(29)28-19-13-24(14-19)9-5-16(6-10-24)20-7-12-27-22-8-11-26-15-21(20)22/h1-4,7-8,11-12,15-16,19H,5-6,9-10,13-14H2,(H,28,29)/t16-,19-,24?. The number of nitrogens with zero attached hydrogens (tertiary/aromatic N) is 2. The fourth-order valence-corrected chi connectivity index (χ4v) is 5.40. The highest BCUT2D eigenvalue weighted by Crippen LogP contribution is 2.54. The van der Waals surface area contributed by atoms with Crippen molar-refractivity contribution in [3.05, 3.63) is 71.1 Å². The molecule has 2 fully saturated rings. The van der Waals surface area contributed by atoms with E-state index in [1.165, 1.54) is 36.6 Å². The van der Waals surface area contributed by atoms with E-state index < -0.39 is 0 Å². The van der Waals surface area contributed by atoms with Gasteiger partial charge in [0.25, 0.3) is 5.91 Å². The average molecular weight is 406 g/mol. The van der Waals surface area contributed by atoms with E-state index in [9.17, 15) is 4.79 Å². The van der Waals surface area contributed by atoms with Gasteiger partial charge in [-0.25, -0.2) is 0 Å². The lowest BCUT2D eigenvalue weighted by molar-refractivity contribution is 0.0312. The maximum absolute atomic E-state index is 12.4. The van der Waals surface area contributed by atoms with Gasteiger partial charge in [-0.15, -0.1) is 0 Å². The number of benzene rings is 1. The first kappa shape index (κ1) is 18.6. The minimum atomic E-state index is 0.00552. The van der Waals surface area contributed by atoms with Gasteiger partial charge in [0.2, 0.25) is 0 Å². The number of amides is 1. The van der Waals surface area contributed by atoms with E-state index in [2.05, 4.69) is 21.4 Å². The molecule has 0 aliphatic heterocycles. The van der Waals surface area contributed by atoms with Crippen LogP contribution in [0.2, 0.25) is 5.02 Å². The lowest BCUT2D eigenvalue weighted by atomic mass is 9.56. The molecule has 5 rings (SSSR count). The summed E-state index contributed by atoms with van der Waals surface area (Å²) in [6.07, 6.45) is 12.7. The third-order valence-corrected chi connectivity index (χ3v) is 7.12. The molecular weight excluding hydrogens is 382 g/mol. The van der Waals surface area contributed by atoms with Gasteiger partial charge in [-0.05, 0) is 91.8 Å². The second-order valence-corrected chi connectivity index (χ2v) is 9.09. The number of rotatable bonds is 3. The van der Waals surface area contributed by atoms with Crippen molar-refractivity contribution in [1.82, 2.24) is 15.3 Å². The number of carbonyl (C=O) groups is 1. The number of pyridine rings is 2. The summed E-state index contributed by atoms with van der Waals surface area (Å²) >= 11 is 5.91. The zero-order valence-electron chi connectivity index (χ0n) is 16.3. The van der Waals surface area contributed by atoms with Crippen LogP contribution in [0, 0.1) is 5.41 Å². The van der Waals surface area contributed by atoms with Crippen molar-refractivity contribution in [2.45, 2.75) is 50.5 Å². The molecule has 5 heteroatoms. The van der Waals surface area contributed by atoms with E-state index in [0.29, 0.717) is 28.0 Å². The molecule has 1 amide bonds. The molecule has 1 spiro atoms. The summed E-state index contributed by atoms with van der Waals surface area (Å²) < 4.78 is 0. The molecule has 2 aromatic heterocycles. The number of carbonyl (C=O) groups excluding carboxylic acids is 1. The molecule has 29 heavy (non-hydrogen) atoms. The quantitative estimate of drug-likeness (QED) is 0.624. The molecule has 3 aromatic rings. The van der Waals surface area contributed by atoms with Gasteiger partial charge >= 0.3 is 0 Å². The molecule has 1 N–H and O–H groups in total. The van der Waals surface area contributed by atoms with Gasteiger partial charge in [0.05, 0.1) is 5.52 Å². The van der Waals surface area contributed by atoms with Gasteiger partial charge in [0.1, 0.15) is 0 Å². The zero-order chi connectivity index (χ0) is 19.8. The fourth-order valence-electron chi connectivity index (χ4n) is 5.27. The summed E-state index contributed by atoms with van der Waals surface area (Å²) in [7, 11) is 0. The van der Waals surface area contributed by atoms with Gasteiger partial charge in [-0.3, -0.25) is 14.8 Å². The van der Waals surface area contributed by atoms with Crippen LogP contribution in [0.3, 0.4) is 0 Å². The van der Waals surface area contributed by atoms with Crippen LogP contribution in [0.15, 0.2) is 55.0 Å². The van der Waals surface area contributed by atoms with E-state index in [0.717, 1.165) is 18.4 Å². The first-order valence-electron chi connectivity index (χ1n) is 10.4. The van der Waals surface area contributed by atoms with Gasteiger partial charge in [0, 0.05) is 40.6 Å². The van der Waals surface area contributed by atoms with Crippen LogP contribution >= 0.6 is 11.6 Å². The Balaban J connectivity index is 1.19. The Morgan fingerprint density at radius 2 is 1.79 bits per heavy atom. The number of hydrogen-bond acceptors (Lipinski definition) is 3. The number of nitrogens with one attached hydrogen (secondary N) is 1. The topological polar surface area (TPSA) is 54.9 Å². The lowest BCUT2D eigenvalue weighted by Crippen LogP contribution is -2.51. The second-order valence-electron chi connectivity index (χ2n) is 8.65. The molecule has 4 nitrogen and oxygen atoms in total. The molecule has 2 aliphatic carbocycles. The maximum Gasteiger partial charge on any atom is 0.251 e. The SMILES string of the molecule is O=C(N[C@H]1CC2(CC[C@H](c3ccnc4ccncc43)CC2)C1)c1ccc(Cl)cc1. The summed E-state index contributed by atoms with van der Waals surface area (Å²) in [5, 5.41) is 5.04. The smallest absolute Gasteiger partial charge is 0.251 e. The van der Waals surface area contributed by atoms with Crippen LogP contribution in [0.25, 0.3) is 10.9 Å². The summed E-state index contributed by atoms with van der Waals surface area (Å²) in [6, 6.07) is 11.5. The van der Waals surface area contributed by atoms with Crippen molar-refractivity contribution in [2.75, 3.05) is 0 Å². The highest BCUT2D eigenvalue weighted by Gasteiger charge is 2.46. The maximum atomic E-state index is 12.4. The molecule has 2 saturated carbocycles. The minimum Gasteiger partial charge on any atom is -0.349 e. The van der Waals surface area contributed by atoms with Gasteiger partial charge in [-0.1, -0.05) is 11.6 Å². The number of aromatic nitrogens is 2. The highest BCUT2D eigenvalue weighted by molar-refractivity contribution is 6.30. The zero-order valence-corrected chi connectivity index (χ0v) is 17.0.